The summed E-state index contributed by atoms with van der Waals surface area (Å²) in [6, 6.07) is 15.8. The second kappa shape index (κ2) is 5.73. The minimum atomic E-state index is -0.368. The highest BCUT2D eigenvalue weighted by atomic mass is 16.5. The molecule has 0 aliphatic rings. The van der Waals surface area contributed by atoms with E-state index in [4.69, 9.17) is 4.74 Å². The molecule has 0 saturated carbocycles. The van der Waals surface area contributed by atoms with Crippen molar-refractivity contribution in [1.82, 2.24) is 4.98 Å². The first-order valence-corrected chi connectivity index (χ1v) is 6.75. The second-order valence-electron chi connectivity index (χ2n) is 4.78. The molecule has 0 unspecified atom stereocenters. The van der Waals surface area contributed by atoms with Crippen molar-refractivity contribution in [3.63, 3.8) is 0 Å². The van der Waals surface area contributed by atoms with Crippen molar-refractivity contribution in [3.8, 4) is 5.75 Å². The van der Waals surface area contributed by atoms with E-state index in [1.165, 1.54) is 0 Å². The number of amides is 1. The van der Waals surface area contributed by atoms with Gasteiger partial charge in [0.05, 0.1) is 7.11 Å². The molecule has 1 amide bonds. The summed E-state index contributed by atoms with van der Waals surface area (Å²) in [4.78, 5) is 26.8. The lowest BCUT2D eigenvalue weighted by molar-refractivity contribution is 0.102. The molecule has 0 bridgehead atoms. The van der Waals surface area contributed by atoms with Gasteiger partial charge < -0.3 is 15.0 Å². The maximum atomic E-state index is 12.3. The Balaban J connectivity index is 1.89. The van der Waals surface area contributed by atoms with E-state index in [1.54, 1.807) is 55.6 Å². The number of hydrogen-bond acceptors (Lipinski definition) is 3. The summed E-state index contributed by atoms with van der Waals surface area (Å²) < 4.78 is 5.06. The molecule has 2 aromatic carbocycles. The molecule has 3 rings (SSSR count). The van der Waals surface area contributed by atoms with E-state index in [9.17, 15) is 9.59 Å². The van der Waals surface area contributed by atoms with Crippen LogP contribution in [0.1, 0.15) is 10.5 Å². The van der Waals surface area contributed by atoms with Gasteiger partial charge in [0.2, 0.25) is 0 Å². The van der Waals surface area contributed by atoms with Gasteiger partial charge in [-0.3, -0.25) is 9.59 Å². The predicted molar refractivity (Wildman–Crippen MR) is 85.5 cm³/mol. The Morgan fingerprint density at radius 1 is 1.09 bits per heavy atom. The maximum Gasteiger partial charge on any atom is 0.272 e. The first kappa shape index (κ1) is 13.9. The number of carbonyl (C=O) groups excluding carboxylic acids is 1. The van der Waals surface area contributed by atoms with Gasteiger partial charge in [-0.05, 0) is 41.8 Å². The number of aromatic amines is 1. The number of methoxy groups -OCH3 is 1. The lowest BCUT2D eigenvalue weighted by Crippen LogP contribution is -2.18. The van der Waals surface area contributed by atoms with E-state index in [1.807, 2.05) is 6.07 Å². The van der Waals surface area contributed by atoms with Crippen LogP contribution >= 0.6 is 0 Å². The Morgan fingerprint density at radius 3 is 2.55 bits per heavy atom. The minimum Gasteiger partial charge on any atom is -0.497 e. The van der Waals surface area contributed by atoms with Gasteiger partial charge in [0, 0.05) is 11.1 Å². The highest BCUT2D eigenvalue weighted by Gasteiger charge is 2.09. The Hall–Kier alpha value is -3.08. The first-order chi connectivity index (χ1) is 10.7. The molecule has 110 valence electrons. The minimum absolute atomic E-state index is 0.222. The molecule has 5 heteroatoms. The highest BCUT2D eigenvalue weighted by Crippen LogP contribution is 2.16. The lowest BCUT2D eigenvalue weighted by Gasteiger charge is -2.07. The summed E-state index contributed by atoms with van der Waals surface area (Å²) >= 11 is 0. The number of nitrogens with one attached hydrogen (secondary N) is 2. The molecule has 2 N–H and O–H groups in total. The second-order valence-corrected chi connectivity index (χ2v) is 4.78. The molecule has 0 fully saturated rings. The standard InChI is InChI=1S/C17H14N2O3/c1-22-13-8-6-12(7-9-13)18-17(21)15-10-11-4-2-3-5-14(11)16(20)19-15/h2-10H,1H3,(H,18,21)(H,19,20). The van der Waals surface area contributed by atoms with Crippen molar-refractivity contribution < 1.29 is 9.53 Å². The molecule has 1 heterocycles. The number of benzene rings is 2. The van der Waals surface area contributed by atoms with Gasteiger partial charge in [-0.2, -0.15) is 0 Å². The van der Waals surface area contributed by atoms with E-state index in [2.05, 4.69) is 10.3 Å². The Morgan fingerprint density at radius 2 is 1.82 bits per heavy atom. The summed E-state index contributed by atoms with van der Waals surface area (Å²) in [6.45, 7) is 0. The maximum absolute atomic E-state index is 12.3. The number of fused-ring (bicyclic) bond motifs is 1. The van der Waals surface area contributed by atoms with Crippen molar-refractivity contribution in [2.75, 3.05) is 12.4 Å². The molecule has 0 aliphatic carbocycles. The van der Waals surface area contributed by atoms with Crippen LogP contribution in [0.5, 0.6) is 5.75 Å². The fourth-order valence-electron chi connectivity index (χ4n) is 2.21. The third-order valence-electron chi connectivity index (χ3n) is 3.35. The number of ether oxygens (including phenoxy) is 1. The molecule has 0 saturated heterocycles. The molecule has 0 radical (unpaired) electrons. The van der Waals surface area contributed by atoms with Crippen molar-refractivity contribution in [1.29, 1.82) is 0 Å². The molecule has 22 heavy (non-hydrogen) atoms. The normalized spacial score (nSPS) is 10.4. The number of carbonyl (C=O) groups is 1. The highest BCUT2D eigenvalue weighted by molar-refractivity contribution is 6.04. The van der Waals surface area contributed by atoms with Gasteiger partial charge in [-0.1, -0.05) is 18.2 Å². The van der Waals surface area contributed by atoms with Crippen molar-refractivity contribution in [3.05, 3.63) is 70.6 Å². The third-order valence-corrected chi connectivity index (χ3v) is 3.35. The summed E-state index contributed by atoms with van der Waals surface area (Å²) in [5, 5.41) is 4.02. The van der Waals surface area contributed by atoms with E-state index in [-0.39, 0.29) is 17.2 Å². The van der Waals surface area contributed by atoms with Crippen LogP contribution in [-0.2, 0) is 0 Å². The topological polar surface area (TPSA) is 71.2 Å². The van der Waals surface area contributed by atoms with Crippen LogP contribution in [0, 0.1) is 0 Å². The number of pyridine rings is 1. The van der Waals surface area contributed by atoms with Crippen LogP contribution < -0.4 is 15.6 Å². The third kappa shape index (κ3) is 2.69. The average molecular weight is 294 g/mol. The Bertz CT molecular complexity index is 882. The zero-order valence-electron chi connectivity index (χ0n) is 11.9. The SMILES string of the molecule is COc1ccc(NC(=O)c2cc3ccccc3c(=O)[nH]2)cc1. The van der Waals surface area contributed by atoms with E-state index in [0.29, 0.717) is 16.8 Å². The molecular formula is C17H14N2O3. The van der Waals surface area contributed by atoms with E-state index >= 15 is 0 Å². The van der Waals surface area contributed by atoms with Gasteiger partial charge in [0.25, 0.3) is 11.5 Å². The average Bonchev–Trinajstić information content (AvgIpc) is 2.55. The molecule has 0 aliphatic heterocycles. The Labute approximate surface area is 126 Å². The molecule has 5 nitrogen and oxygen atoms in total. The fraction of sp³-hybridized carbons (Fsp3) is 0.0588. The van der Waals surface area contributed by atoms with Gasteiger partial charge in [-0.15, -0.1) is 0 Å². The fourth-order valence-corrected chi connectivity index (χ4v) is 2.21. The van der Waals surface area contributed by atoms with Crippen molar-refractivity contribution in [2.45, 2.75) is 0 Å². The predicted octanol–water partition coefficient (Wildman–Crippen LogP) is 2.79. The number of H-pyrrole nitrogens is 1. The van der Waals surface area contributed by atoms with Crippen molar-refractivity contribution in [2.24, 2.45) is 0 Å². The van der Waals surface area contributed by atoms with E-state index in [0.717, 1.165) is 5.39 Å². The molecule has 3 aromatic rings. The van der Waals surface area contributed by atoms with E-state index < -0.39 is 0 Å². The van der Waals surface area contributed by atoms with Crippen LogP contribution in [0.4, 0.5) is 5.69 Å². The van der Waals surface area contributed by atoms with Crippen LogP contribution in [0.15, 0.2) is 59.4 Å². The largest absolute Gasteiger partial charge is 0.497 e. The van der Waals surface area contributed by atoms with Crippen LogP contribution in [0.3, 0.4) is 0 Å². The zero-order valence-corrected chi connectivity index (χ0v) is 11.9. The monoisotopic (exact) mass is 294 g/mol. The van der Waals surface area contributed by atoms with Gasteiger partial charge >= 0.3 is 0 Å². The molecule has 0 spiro atoms. The molecule has 1 aromatic heterocycles. The number of anilines is 1. The Kier molecular flexibility index (Phi) is 3.62. The lowest BCUT2D eigenvalue weighted by atomic mass is 10.1. The summed E-state index contributed by atoms with van der Waals surface area (Å²) in [5.74, 6) is 0.338. The summed E-state index contributed by atoms with van der Waals surface area (Å²) in [5.41, 5.74) is 0.567. The van der Waals surface area contributed by atoms with Crippen molar-refractivity contribution >= 4 is 22.4 Å². The quantitative estimate of drug-likeness (QED) is 0.780. The summed E-state index contributed by atoms with van der Waals surface area (Å²) in [6.07, 6.45) is 0. The van der Waals surface area contributed by atoms with Crippen LogP contribution in [-0.4, -0.2) is 18.0 Å². The molecule has 0 atom stereocenters. The van der Waals surface area contributed by atoms with Gasteiger partial charge in [0.1, 0.15) is 11.4 Å². The number of hydrogen-bond donors (Lipinski definition) is 2. The zero-order chi connectivity index (χ0) is 15.5. The smallest absolute Gasteiger partial charge is 0.272 e. The van der Waals surface area contributed by atoms with Crippen LogP contribution in [0.25, 0.3) is 10.8 Å². The van der Waals surface area contributed by atoms with Gasteiger partial charge in [0.15, 0.2) is 0 Å². The van der Waals surface area contributed by atoms with Gasteiger partial charge in [-0.25, -0.2) is 0 Å². The summed E-state index contributed by atoms with van der Waals surface area (Å²) in [7, 11) is 1.58. The molecular weight excluding hydrogens is 280 g/mol. The van der Waals surface area contributed by atoms with Crippen LogP contribution in [0.2, 0.25) is 0 Å². The number of aromatic nitrogens is 1. The number of rotatable bonds is 3. The first-order valence-electron chi connectivity index (χ1n) is 6.75.